The molecule has 2 aromatic heterocycles. The lowest BCUT2D eigenvalue weighted by molar-refractivity contribution is -0.274. The zero-order chi connectivity index (χ0) is 22.9. The molecule has 1 aliphatic carbocycles. The molecule has 1 saturated carbocycles. The Balaban J connectivity index is 1.69. The first-order chi connectivity index (χ1) is 15.3. The first-order valence-corrected chi connectivity index (χ1v) is 9.33. The van der Waals surface area contributed by atoms with Gasteiger partial charge in [-0.2, -0.15) is 9.78 Å². The molecule has 10 nitrogen and oxygen atoms in total. The first-order valence-electron chi connectivity index (χ1n) is 9.33. The Labute approximate surface area is 178 Å². The van der Waals surface area contributed by atoms with Crippen LogP contribution in [0.25, 0.3) is 5.65 Å². The number of aromatic nitrogens is 3. The molecule has 0 atom stereocenters. The number of hydrogen-bond donors (Lipinski definition) is 3. The van der Waals surface area contributed by atoms with Crippen LogP contribution in [0.4, 0.5) is 40.8 Å². The lowest BCUT2D eigenvalue weighted by Crippen LogP contribution is -2.19. The van der Waals surface area contributed by atoms with Gasteiger partial charge in [-0.25, -0.2) is 9.78 Å². The van der Waals surface area contributed by atoms with E-state index in [1.54, 1.807) is 6.07 Å². The van der Waals surface area contributed by atoms with Crippen molar-refractivity contribution >= 4 is 34.6 Å². The van der Waals surface area contributed by atoms with E-state index in [1.807, 2.05) is 6.07 Å². The Bertz CT molecular complexity index is 1220. The molecule has 0 saturated heterocycles. The summed E-state index contributed by atoms with van der Waals surface area (Å²) in [5.74, 6) is -0.321. The highest BCUT2D eigenvalue weighted by molar-refractivity contribution is 5.88. The highest BCUT2D eigenvalue weighted by atomic mass is 19.4. The third kappa shape index (κ3) is 4.75. The Hall–Kier alpha value is -4.21. The largest absolute Gasteiger partial charge is 0.573 e. The fraction of sp³-hybridized carbons (Fsp3) is 0.263. The normalized spacial score (nSPS) is 13.3. The second-order valence-corrected chi connectivity index (χ2v) is 6.85. The summed E-state index contributed by atoms with van der Waals surface area (Å²) < 4.78 is 47.9. The minimum absolute atomic E-state index is 0.212. The summed E-state index contributed by atoms with van der Waals surface area (Å²) in [6.45, 7) is 0. The van der Waals surface area contributed by atoms with Crippen LogP contribution in [0, 0.1) is 11.3 Å². The zero-order valence-corrected chi connectivity index (χ0v) is 16.5. The molecule has 166 valence electrons. The van der Waals surface area contributed by atoms with Crippen LogP contribution in [0.1, 0.15) is 18.5 Å². The predicted molar refractivity (Wildman–Crippen MR) is 107 cm³/mol. The molecule has 4 rings (SSSR count). The van der Waals surface area contributed by atoms with Gasteiger partial charge < -0.3 is 20.1 Å². The number of fused-ring (bicyclic) bond motifs is 1. The molecule has 0 bridgehead atoms. The van der Waals surface area contributed by atoms with Crippen molar-refractivity contribution < 1.29 is 27.4 Å². The van der Waals surface area contributed by atoms with Gasteiger partial charge in [-0.15, -0.1) is 18.3 Å². The third-order valence-electron chi connectivity index (χ3n) is 4.42. The molecule has 3 N–H and O–H groups in total. The summed E-state index contributed by atoms with van der Waals surface area (Å²) in [5.41, 5.74) is 1.37. The Morgan fingerprint density at radius 2 is 2.06 bits per heavy atom. The van der Waals surface area contributed by atoms with Crippen LogP contribution in [-0.2, 0) is 4.74 Å². The molecule has 13 heteroatoms. The number of nitriles is 1. The van der Waals surface area contributed by atoms with Crippen molar-refractivity contribution in [2.75, 3.05) is 23.1 Å². The van der Waals surface area contributed by atoms with Crippen LogP contribution in [-0.4, -0.2) is 40.2 Å². The van der Waals surface area contributed by atoms with E-state index in [0.29, 0.717) is 28.9 Å². The number of rotatable bonds is 6. The molecular weight excluding hydrogens is 431 g/mol. The third-order valence-corrected chi connectivity index (χ3v) is 4.42. The van der Waals surface area contributed by atoms with Crippen LogP contribution in [0.2, 0.25) is 0 Å². The Morgan fingerprint density at radius 3 is 2.72 bits per heavy atom. The molecule has 0 radical (unpaired) electrons. The van der Waals surface area contributed by atoms with Crippen molar-refractivity contribution in [2.45, 2.75) is 25.2 Å². The number of carbonyl (C=O) groups excluding carboxylic acids is 1. The van der Waals surface area contributed by atoms with Gasteiger partial charge in [-0.3, -0.25) is 5.32 Å². The fourth-order valence-corrected chi connectivity index (χ4v) is 2.89. The van der Waals surface area contributed by atoms with Crippen LogP contribution >= 0.6 is 0 Å². The highest BCUT2D eigenvalue weighted by Crippen LogP contribution is 2.34. The van der Waals surface area contributed by atoms with E-state index in [-0.39, 0.29) is 11.4 Å². The number of hydrogen-bond acceptors (Lipinski definition) is 8. The van der Waals surface area contributed by atoms with E-state index in [2.05, 4.69) is 35.5 Å². The standard InChI is InChI=1S/C19H16F3N7O3/c1-31-18(30)27-13-6-11(4-5-15(13)32-19(20,21)22)26-16-7-14(25-10-2-3-10)17-24-9-12(8-23)29(17)28-16/h4-7,9-10,25H,2-3H2,1H3,(H,26,28)(H,27,30). The van der Waals surface area contributed by atoms with Gasteiger partial charge in [0.1, 0.15) is 6.07 Å². The van der Waals surface area contributed by atoms with E-state index in [4.69, 9.17) is 0 Å². The molecule has 32 heavy (non-hydrogen) atoms. The average Bonchev–Trinajstić information content (AvgIpc) is 3.45. The minimum atomic E-state index is -4.95. The van der Waals surface area contributed by atoms with Crippen LogP contribution < -0.4 is 20.7 Å². The molecule has 0 unspecified atom stereocenters. The predicted octanol–water partition coefficient (Wildman–Crippen LogP) is 4.00. The number of anilines is 4. The molecule has 1 aromatic carbocycles. The van der Waals surface area contributed by atoms with Crippen molar-refractivity contribution in [3.63, 3.8) is 0 Å². The molecule has 2 heterocycles. The summed E-state index contributed by atoms with van der Waals surface area (Å²) in [4.78, 5) is 15.8. The van der Waals surface area contributed by atoms with Crippen molar-refractivity contribution in [2.24, 2.45) is 0 Å². The van der Waals surface area contributed by atoms with Gasteiger partial charge in [0.05, 0.1) is 24.7 Å². The molecular formula is C19H16F3N7O3. The second kappa shape index (κ2) is 8.14. The summed E-state index contributed by atoms with van der Waals surface area (Å²) in [6, 6.07) is 7.57. The van der Waals surface area contributed by atoms with Gasteiger partial charge in [-0.05, 0) is 31.0 Å². The number of nitrogens with zero attached hydrogens (tertiary/aromatic N) is 4. The Kier molecular flexibility index (Phi) is 5.35. The topological polar surface area (TPSA) is 126 Å². The summed E-state index contributed by atoms with van der Waals surface area (Å²) in [6.07, 6.45) is -2.52. The molecule has 0 aliphatic heterocycles. The van der Waals surface area contributed by atoms with E-state index < -0.39 is 18.2 Å². The fourth-order valence-electron chi connectivity index (χ4n) is 2.89. The van der Waals surface area contributed by atoms with Crippen LogP contribution in [0.15, 0.2) is 30.5 Å². The van der Waals surface area contributed by atoms with E-state index in [9.17, 15) is 23.2 Å². The van der Waals surface area contributed by atoms with Gasteiger partial charge in [-0.1, -0.05) is 0 Å². The van der Waals surface area contributed by atoms with E-state index >= 15 is 0 Å². The maximum atomic E-state index is 12.7. The lowest BCUT2D eigenvalue weighted by atomic mass is 10.2. The smallest absolute Gasteiger partial charge is 0.453 e. The highest BCUT2D eigenvalue weighted by Gasteiger charge is 2.32. The number of amides is 1. The Morgan fingerprint density at radius 1 is 1.28 bits per heavy atom. The van der Waals surface area contributed by atoms with Gasteiger partial charge >= 0.3 is 12.5 Å². The number of carbonyl (C=O) groups is 1. The molecule has 1 fully saturated rings. The maximum absolute atomic E-state index is 12.7. The number of imidazole rings is 1. The van der Waals surface area contributed by atoms with E-state index in [0.717, 1.165) is 26.0 Å². The SMILES string of the molecule is COC(=O)Nc1cc(Nc2cc(NC3CC3)c3ncc(C#N)n3n2)ccc1OC(F)(F)F. The number of ether oxygens (including phenoxy) is 2. The number of nitrogens with one attached hydrogen (secondary N) is 3. The van der Waals surface area contributed by atoms with Gasteiger partial charge in [0.2, 0.25) is 0 Å². The van der Waals surface area contributed by atoms with Crippen LogP contribution in [0.5, 0.6) is 5.75 Å². The van der Waals surface area contributed by atoms with Crippen molar-refractivity contribution in [1.29, 1.82) is 5.26 Å². The summed E-state index contributed by atoms with van der Waals surface area (Å²) in [5, 5.41) is 22.1. The van der Waals surface area contributed by atoms with Gasteiger partial charge in [0.25, 0.3) is 0 Å². The van der Waals surface area contributed by atoms with E-state index in [1.165, 1.54) is 22.8 Å². The maximum Gasteiger partial charge on any atom is 0.573 e. The second-order valence-electron chi connectivity index (χ2n) is 6.85. The molecule has 1 aliphatic rings. The average molecular weight is 447 g/mol. The minimum Gasteiger partial charge on any atom is -0.453 e. The van der Waals surface area contributed by atoms with Gasteiger partial charge in [0.15, 0.2) is 22.9 Å². The number of methoxy groups -OCH3 is 1. The van der Waals surface area contributed by atoms with Crippen LogP contribution in [0.3, 0.4) is 0 Å². The molecule has 0 spiro atoms. The molecule has 1 amide bonds. The summed E-state index contributed by atoms with van der Waals surface area (Å²) >= 11 is 0. The zero-order valence-electron chi connectivity index (χ0n) is 16.5. The van der Waals surface area contributed by atoms with Crippen molar-refractivity contribution in [3.05, 3.63) is 36.2 Å². The molecule has 3 aromatic rings. The van der Waals surface area contributed by atoms with Crippen molar-refractivity contribution in [3.8, 4) is 11.8 Å². The lowest BCUT2D eigenvalue weighted by Gasteiger charge is -2.16. The number of halogens is 3. The summed E-state index contributed by atoms with van der Waals surface area (Å²) in [7, 11) is 1.08. The number of alkyl halides is 3. The first kappa shape index (κ1) is 21.0. The quantitative estimate of drug-likeness (QED) is 0.518. The van der Waals surface area contributed by atoms with Gasteiger partial charge in [0, 0.05) is 17.8 Å². The monoisotopic (exact) mass is 447 g/mol. The van der Waals surface area contributed by atoms with Crippen molar-refractivity contribution in [1.82, 2.24) is 14.6 Å². The number of benzene rings is 1.